The number of anilines is 1. The van der Waals surface area contributed by atoms with Gasteiger partial charge in [0.2, 0.25) is 11.8 Å². The molecule has 1 fully saturated rings. The van der Waals surface area contributed by atoms with E-state index in [1.807, 2.05) is 35.2 Å². The number of carbonyl (C=O) groups excluding carboxylic acids is 2. The summed E-state index contributed by atoms with van der Waals surface area (Å²) in [5.41, 5.74) is 3.41. The van der Waals surface area contributed by atoms with E-state index in [4.69, 9.17) is 0 Å². The quantitative estimate of drug-likeness (QED) is 0.856. The van der Waals surface area contributed by atoms with Gasteiger partial charge in [-0.15, -0.1) is 0 Å². The molecule has 0 saturated carbocycles. The lowest BCUT2D eigenvalue weighted by Gasteiger charge is -2.35. The second kappa shape index (κ2) is 9.33. The SMILES string of the molecule is Cc1ccccc1CN1CCN(C(=O)CCC(=O)Nc2ccccc2)CC1. The van der Waals surface area contributed by atoms with E-state index in [0.717, 1.165) is 38.4 Å². The highest BCUT2D eigenvalue weighted by molar-refractivity contribution is 5.93. The molecule has 1 saturated heterocycles. The van der Waals surface area contributed by atoms with Crippen LogP contribution in [0.1, 0.15) is 24.0 Å². The minimum absolute atomic E-state index is 0.0637. The summed E-state index contributed by atoms with van der Waals surface area (Å²) in [5.74, 6) is -0.0542. The Kier molecular flexibility index (Phi) is 6.60. The number of amides is 2. The van der Waals surface area contributed by atoms with Crippen molar-refractivity contribution in [2.45, 2.75) is 26.3 Å². The molecule has 2 aromatic carbocycles. The van der Waals surface area contributed by atoms with E-state index in [1.165, 1.54) is 11.1 Å². The van der Waals surface area contributed by atoms with Crippen molar-refractivity contribution in [1.29, 1.82) is 0 Å². The van der Waals surface area contributed by atoms with E-state index in [0.29, 0.717) is 0 Å². The van der Waals surface area contributed by atoms with Crippen LogP contribution in [0.3, 0.4) is 0 Å². The molecule has 1 aliphatic rings. The average molecular weight is 365 g/mol. The summed E-state index contributed by atoms with van der Waals surface area (Å²) < 4.78 is 0. The molecule has 1 aliphatic heterocycles. The molecule has 0 radical (unpaired) electrons. The van der Waals surface area contributed by atoms with Crippen LogP contribution >= 0.6 is 0 Å². The van der Waals surface area contributed by atoms with Gasteiger partial charge < -0.3 is 10.2 Å². The Morgan fingerprint density at radius 3 is 2.26 bits per heavy atom. The summed E-state index contributed by atoms with van der Waals surface area (Å²) >= 11 is 0. The first-order chi connectivity index (χ1) is 13.1. The van der Waals surface area contributed by atoms with Crippen LogP contribution in [0.15, 0.2) is 54.6 Å². The third kappa shape index (κ3) is 5.66. The number of hydrogen-bond donors (Lipinski definition) is 1. The van der Waals surface area contributed by atoms with Crippen LogP contribution in [-0.4, -0.2) is 47.8 Å². The van der Waals surface area contributed by atoms with Crippen molar-refractivity contribution in [3.05, 3.63) is 65.7 Å². The number of nitrogens with zero attached hydrogens (tertiary/aromatic N) is 2. The fraction of sp³-hybridized carbons (Fsp3) is 0.364. The van der Waals surface area contributed by atoms with Crippen LogP contribution < -0.4 is 5.32 Å². The first kappa shape index (κ1) is 19.1. The zero-order valence-corrected chi connectivity index (χ0v) is 15.9. The Hall–Kier alpha value is -2.66. The number of piperazine rings is 1. The number of nitrogens with one attached hydrogen (secondary N) is 1. The molecular formula is C22H27N3O2. The molecule has 1 heterocycles. The van der Waals surface area contributed by atoms with Gasteiger partial charge in [-0.1, -0.05) is 42.5 Å². The number of rotatable bonds is 6. The van der Waals surface area contributed by atoms with Crippen LogP contribution in [0, 0.1) is 6.92 Å². The van der Waals surface area contributed by atoms with Crippen molar-refractivity contribution in [3.63, 3.8) is 0 Å². The fourth-order valence-corrected chi connectivity index (χ4v) is 3.31. The van der Waals surface area contributed by atoms with Gasteiger partial charge >= 0.3 is 0 Å². The van der Waals surface area contributed by atoms with Gasteiger partial charge in [-0.05, 0) is 30.2 Å². The predicted molar refractivity (Wildman–Crippen MR) is 107 cm³/mol. The Morgan fingerprint density at radius 1 is 0.889 bits per heavy atom. The number of carbonyl (C=O) groups is 2. The van der Waals surface area contributed by atoms with Gasteiger partial charge in [0.15, 0.2) is 0 Å². The summed E-state index contributed by atoms with van der Waals surface area (Å²) in [7, 11) is 0. The fourth-order valence-electron chi connectivity index (χ4n) is 3.31. The van der Waals surface area contributed by atoms with E-state index in [-0.39, 0.29) is 24.7 Å². The van der Waals surface area contributed by atoms with Crippen LogP contribution in [0.5, 0.6) is 0 Å². The zero-order chi connectivity index (χ0) is 19.1. The molecule has 2 amide bonds. The Balaban J connectivity index is 1.39. The molecule has 0 spiro atoms. The number of benzene rings is 2. The summed E-state index contributed by atoms with van der Waals surface area (Å²) in [6.07, 6.45) is 0.480. The maximum atomic E-state index is 12.4. The van der Waals surface area contributed by atoms with Crippen molar-refractivity contribution >= 4 is 17.5 Å². The average Bonchev–Trinajstić information content (AvgIpc) is 2.69. The van der Waals surface area contributed by atoms with Crippen molar-refractivity contribution < 1.29 is 9.59 Å². The summed E-state index contributed by atoms with van der Waals surface area (Å²) in [5, 5.41) is 2.82. The third-order valence-electron chi connectivity index (χ3n) is 5.00. The van der Waals surface area contributed by atoms with E-state index in [9.17, 15) is 9.59 Å². The van der Waals surface area contributed by atoms with E-state index < -0.39 is 0 Å². The standard InChI is InChI=1S/C22H27N3O2/c1-18-7-5-6-8-19(18)17-24-13-15-25(16-14-24)22(27)12-11-21(26)23-20-9-3-2-4-10-20/h2-10H,11-17H2,1H3,(H,23,26). The molecule has 142 valence electrons. The van der Waals surface area contributed by atoms with Crippen molar-refractivity contribution in [1.82, 2.24) is 9.80 Å². The van der Waals surface area contributed by atoms with Crippen LogP contribution in [0.25, 0.3) is 0 Å². The van der Waals surface area contributed by atoms with E-state index in [2.05, 4.69) is 41.4 Å². The molecule has 0 aromatic heterocycles. The normalized spacial score (nSPS) is 14.8. The number of para-hydroxylation sites is 1. The van der Waals surface area contributed by atoms with Crippen molar-refractivity contribution in [3.8, 4) is 0 Å². The van der Waals surface area contributed by atoms with Gasteiger partial charge in [-0.25, -0.2) is 0 Å². The Morgan fingerprint density at radius 2 is 1.56 bits per heavy atom. The van der Waals surface area contributed by atoms with Gasteiger partial charge in [-0.2, -0.15) is 0 Å². The Bertz CT molecular complexity index is 768. The molecule has 0 bridgehead atoms. The second-order valence-corrected chi connectivity index (χ2v) is 7.00. The van der Waals surface area contributed by atoms with Gasteiger partial charge in [-0.3, -0.25) is 14.5 Å². The lowest BCUT2D eigenvalue weighted by molar-refractivity contribution is -0.134. The highest BCUT2D eigenvalue weighted by atomic mass is 16.2. The van der Waals surface area contributed by atoms with Gasteiger partial charge in [0.1, 0.15) is 0 Å². The molecule has 0 unspecified atom stereocenters. The first-order valence-electron chi connectivity index (χ1n) is 9.51. The van der Waals surface area contributed by atoms with Crippen LogP contribution in [0.4, 0.5) is 5.69 Å². The smallest absolute Gasteiger partial charge is 0.224 e. The van der Waals surface area contributed by atoms with Crippen molar-refractivity contribution in [2.75, 3.05) is 31.5 Å². The minimum atomic E-state index is -0.118. The summed E-state index contributed by atoms with van der Waals surface area (Å²) in [6.45, 7) is 6.26. The topological polar surface area (TPSA) is 52.7 Å². The van der Waals surface area contributed by atoms with Crippen LogP contribution in [-0.2, 0) is 16.1 Å². The molecular weight excluding hydrogens is 338 g/mol. The van der Waals surface area contributed by atoms with E-state index in [1.54, 1.807) is 0 Å². The predicted octanol–water partition coefficient (Wildman–Crippen LogP) is 3.06. The molecule has 5 heteroatoms. The highest BCUT2D eigenvalue weighted by Crippen LogP contribution is 2.13. The number of hydrogen-bond acceptors (Lipinski definition) is 3. The molecule has 1 N–H and O–H groups in total. The number of aryl methyl sites for hydroxylation is 1. The maximum Gasteiger partial charge on any atom is 0.224 e. The van der Waals surface area contributed by atoms with E-state index >= 15 is 0 Å². The molecule has 27 heavy (non-hydrogen) atoms. The lowest BCUT2D eigenvalue weighted by Crippen LogP contribution is -2.48. The molecule has 0 atom stereocenters. The maximum absolute atomic E-state index is 12.4. The monoisotopic (exact) mass is 365 g/mol. The second-order valence-electron chi connectivity index (χ2n) is 7.00. The third-order valence-corrected chi connectivity index (χ3v) is 5.00. The summed E-state index contributed by atoms with van der Waals surface area (Å²) in [4.78, 5) is 28.7. The Labute approximate surface area is 161 Å². The summed E-state index contributed by atoms with van der Waals surface area (Å²) in [6, 6.07) is 17.8. The molecule has 5 nitrogen and oxygen atoms in total. The van der Waals surface area contributed by atoms with Crippen LogP contribution in [0.2, 0.25) is 0 Å². The molecule has 2 aromatic rings. The zero-order valence-electron chi connectivity index (χ0n) is 15.9. The molecule has 0 aliphatic carbocycles. The van der Waals surface area contributed by atoms with Gasteiger partial charge in [0, 0.05) is 51.3 Å². The van der Waals surface area contributed by atoms with Gasteiger partial charge in [0.25, 0.3) is 0 Å². The first-order valence-corrected chi connectivity index (χ1v) is 9.51. The van der Waals surface area contributed by atoms with Crippen molar-refractivity contribution in [2.24, 2.45) is 0 Å². The highest BCUT2D eigenvalue weighted by Gasteiger charge is 2.21. The van der Waals surface area contributed by atoms with Gasteiger partial charge in [0.05, 0.1) is 0 Å². The largest absolute Gasteiger partial charge is 0.340 e. The molecule has 3 rings (SSSR count). The minimum Gasteiger partial charge on any atom is -0.340 e. The lowest BCUT2D eigenvalue weighted by atomic mass is 10.1.